The third-order valence-electron chi connectivity index (χ3n) is 5.22. The predicted octanol–water partition coefficient (Wildman–Crippen LogP) is 8.21. The average molecular weight is 679 g/mol. The number of ether oxygens (including phenoxy) is 2. The number of thioether (sulfide) groups is 1. The van der Waals surface area contributed by atoms with Crippen LogP contribution in [0.3, 0.4) is 0 Å². The Hall–Kier alpha value is -1.98. The minimum atomic E-state index is -0.470. The van der Waals surface area contributed by atoms with Crippen molar-refractivity contribution in [1.29, 1.82) is 0 Å². The van der Waals surface area contributed by atoms with Gasteiger partial charge in [0.15, 0.2) is 11.5 Å². The molecule has 3 aromatic carbocycles. The van der Waals surface area contributed by atoms with Crippen molar-refractivity contribution in [1.82, 2.24) is 4.90 Å². The average Bonchev–Trinajstić information content (AvgIpc) is 3.08. The first-order valence-corrected chi connectivity index (χ1v) is 13.3. The fraction of sp³-hybridized carbons (Fsp3) is 0.120. The zero-order valence-corrected chi connectivity index (χ0v) is 23.7. The van der Waals surface area contributed by atoms with Crippen LogP contribution in [0.25, 0.3) is 6.08 Å². The lowest BCUT2D eigenvalue weighted by atomic mass is 10.1. The largest absolute Gasteiger partial charge is 0.493 e. The summed E-state index contributed by atoms with van der Waals surface area (Å²) in [4.78, 5) is 26.9. The molecule has 11 heteroatoms. The normalized spacial score (nSPS) is 14.6. The lowest BCUT2D eigenvalue weighted by molar-refractivity contribution is -0.123. The van der Waals surface area contributed by atoms with Crippen molar-refractivity contribution in [2.75, 3.05) is 7.11 Å². The number of nitrogens with zero attached hydrogens (tertiary/aromatic N) is 1. The summed E-state index contributed by atoms with van der Waals surface area (Å²) in [6, 6.07) is 12.8. The molecule has 0 unspecified atom stereocenters. The fourth-order valence-electron chi connectivity index (χ4n) is 3.41. The van der Waals surface area contributed by atoms with Gasteiger partial charge in [-0.1, -0.05) is 46.9 Å². The Kier molecular flexibility index (Phi) is 8.72. The van der Waals surface area contributed by atoms with Crippen LogP contribution in [0.15, 0.2) is 53.4 Å². The third-order valence-corrected chi connectivity index (χ3v) is 7.99. The molecule has 0 aliphatic carbocycles. The number of benzene rings is 3. The number of amides is 2. The van der Waals surface area contributed by atoms with Crippen molar-refractivity contribution in [3.63, 3.8) is 0 Å². The number of methoxy groups -OCH3 is 1. The second-order valence-electron chi connectivity index (χ2n) is 7.49. The number of carbonyl (C=O) groups is 2. The van der Waals surface area contributed by atoms with E-state index in [0.717, 1.165) is 16.7 Å². The first-order chi connectivity index (χ1) is 17.2. The molecule has 0 bridgehead atoms. The fourth-order valence-corrected chi connectivity index (χ4v) is 5.76. The molecule has 0 N–H and O–H groups in total. The van der Waals surface area contributed by atoms with Gasteiger partial charge in [0.25, 0.3) is 11.1 Å². The van der Waals surface area contributed by atoms with E-state index in [1.54, 1.807) is 42.5 Å². The van der Waals surface area contributed by atoms with Gasteiger partial charge in [0, 0.05) is 21.2 Å². The van der Waals surface area contributed by atoms with Crippen LogP contribution in [0, 0.1) is 9.39 Å². The lowest BCUT2D eigenvalue weighted by Crippen LogP contribution is -2.27. The van der Waals surface area contributed by atoms with Gasteiger partial charge >= 0.3 is 0 Å². The molecule has 186 valence electrons. The van der Waals surface area contributed by atoms with Crippen molar-refractivity contribution in [2.24, 2.45) is 0 Å². The summed E-state index contributed by atoms with van der Waals surface area (Å²) in [6.45, 7) is -0.131. The summed E-state index contributed by atoms with van der Waals surface area (Å²) in [5, 5.41) is 0.578. The highest BCUT2D eigenvalue weighted by atomic mass is 127. The van der Waals surface area contributed by atoms with Gasteiger partial charge in [-0.25, -0.2) is 4.39 Å². The molecule has 1 saturated heterocycles. The van der Waals surface area contributed by atoms with Crippen LogP contribution in [0.2, 0.25) is 15.1 Å². The summed E-state index contributed by atoms with van der Waals surface area (Å²) in [5.41, 5.74) is 1.35. The highest BCUT2D eigenvalue weighted by Crippen LogP contribution is 2.39. The lowest BCUT2D eigenvalue weighted by Gasteiger charge is -2.15. The van der Waals surface area contributed by atoms with E-state index in [4.69, 9.17) is 44.3 Å². The Balaban J connectivity index is 1.57. The number of carbonyl (C=O) groups excluding carboxylic acids is 2. The summed E-state index contributed by atoms with van der Waals surface area (Å²) in [6.07, 6.45) is 1.60. The molecule has 1 aliphatic heterocycles. The standard InChI is InChI=1S/C25H16Cl3FINO4S/c1-34-21-9-13(8-20(30)23(21)35-12-15-18(28)6-3-7-19(15)29)10-22-24(32)31(25(33)36-22)11-14-16(26)4-2-5-17(14)27/h2-10H,11-12H2,1H3/b22-10-. The zero-order chi connectivity index (χ0) is 26.0. The van der Waals surface area contributed by atoms with Crippen molar-refractivity contribution in [3.05, 3.63) is 94.6 Å². The molecule has 2 amide bonds. The maximum absolute atomic E-state index is 14.1. The highest BCUT2D eigenvalue weighted by molar-refractivity contribution is 14.1. The van der Waals surface area contributed by atoms with E-state index in [0.29, 0.717) is 36.2 Å². The van der Waals surface area contributed by atoms with Gasteiger partial charge in [0.1, 0.15) is 12.4 Å². The van der Waals surface area contributed by atoms with Gasteiger partial charge in [-0.3, -0.25) is 14.5 Å². The van der Waals surface area contributed by atoms with Gasteiger partial charge in [-0.05, 0) is 82.4 Å². The minimum Gasteiger partial charge on any atom is -0.493 e. The summed E-state index contributed by atoms with van der Waals surface area (Å²) in [5.74, 6) is -0.148. The van der Waals surface area contributed by atoms with Crippen LogP contribution in [0.1, 0.15) is 16.7 Å². The van der Waals surface area contributed by atoms with Crippen LogP contribution in [-0.2, 0) is 17.9 Å². The maximum Gasteiger partial charge on any atom is 0.293 e. The van der Waals surface area contributed by atoms with E-state index >= 15 is 0 Å². The van der Waals surface area contributed by atoms with Gasteiger partial charge in [-0.2, -0.15) is 0 Å². The van der Waals surface area contributed by atoms with Gasteiger partial charge in [-0.15, -0.1) is 0 Å². The van der Waals surface area contributed by atoms with Crippen LogP contribution in [-0.4, -0.2) is 23.2 Å². The molecule has 5 nitrogen and oxygen atoms in total. The predicted molar refractivity (Wildman–Crippen MR) is 149 cm³/mol. The Morgan fingerprint density at radius 1 is 1.03 bits per heavy atom. The van der Waals surface area contributed by atoms with E-state index in [9.17, 15) is 14.0 Å². The number of halogens is 5. The summed E-state index contributed by atoms with van der Waals surface area (Å²) < 4.78 is 26.1. The molecule has 0 atom stereocenters. The van der Waals surface area contributed by atoms with Crippen LogP contribution >= 0.6 is 69.2 Å². The number of hydrogen-bond acceptors (Lipinski definition) is 5. The monoisotopic (exact) mass is 677 g/mol. The third kappa shape index (κ3) is 5.78. The van der Waals surface area contributed by atoms with Gasteiger partial charge in [0.2, 0.25) is 0 Å². The van der Waals surface area contributed by atoms with Crippen molar-refractivity contribution >= 4 is 86.4 Å². The first-order valence-electron chi connectivity index (χ1n) is 10.3. The topological polar surface area (TPSA) is 55.8 Å². The second kappa shape index (κ2) is 11.6. The molecule has 0 spiro atoms. The quantitative estimate of drug-likeness (QED) is 0.186. The van der Waals surface area contributed by atoms with Crippen molar-refractivity contribution < 1.29 is 23.5 Å². The zero-order valence-electron chi connectivity index (χ0n) is 18.5. The van der Waals surface area contributed by atoms with E-state index in [1.165, 1.54) is 19.2 Å². The first kappa shape index (κ1) is 27.1. The Morgan fingerprint density at radius 3 is 2.31 bits per heavy atom. The Morgan fingerprint density at radius 2 is 1.67 bits per heavy atom. The van der Waals surface area contributed by atoms with Crippen LogP contribution in [0.4, 0.5) is 9.18 Å². The van der Waals surface area contributed by atoms with E-state index < -0.39 is 17.0 Å². The van der Waals surface area contributed by atoms with Crippen molar-refractivity contribution in [3.8, 4) is 11.5 Å². The highest BCUT2D eigenvalue weighted by Gasteiger charge is 2.35. The Labute approximate surface area is 239 Å². The molecule has 3 aromatic rings. The second-order valence-corrected chi connectivity index (χ2v) is 10.9. The summed E-state index contributed by atoms with van der Waals surface area (Å²) in [7, 11) is 1.47. The molecule has 4 rings (SSSR count). The summed E-state index contributed by atoms with van der Waals surface area (Å²) >= 11 is 21.4. The molecule has 1 aliphatic rings. The molecule has 0 radical (unpaired) electrons. The number of rotatable bonds is 7. The molecular weight excluding hydrogens is 663 g/mol. The van der Waals surface area contributed by atoms with Gasteiger partial charge < -0.3 is 9.47 Å². The van der Waals surface area contributed by atoms with Crippen molar-refractivity contribution in [2.45, 2.75) is 13.2 Å². The molecule has 36 heavy (non-hydrogen) atoms. The van der Waals surface area contributed by atoms with E-state index in [-0.39, 0.29) is 28.6 Å². The SMILES string of the molecule is COc1cc(/C=C2\SC(=O)N(Cc3c(Cl)cccc3Cl)C2=O)cc(I)c1OCc1c(F)cccc1Cl. The number of hydrogen-bond donors (Lipinski definition) is 0. The smallest absolute Gasteiger partial charge is 0.293 e. The van der Waals surface area contributed by atoms with Gasteiger partial charge in [0.05, 0.1) is 27.2 Å². The van der Waals surface area contributed by atoms with E-state index in [1.807, 2.05) is 0 Å². The molecule has 1 heterocycles. The molecule has 1 fully saturated rings. The van der Waals surface area contributed by atoms with E-state index in [2.05, 4.69) is 22.6 Å². The molecular formula is C25H16Cl3FINO4S. The minimum absolute atomic E-state index is 0.0350. The molecule has 0 aromatic heterocycles. The van der Waals surface area contributed by atoms with Crippen LogP contribution < -0.4 is 9.47 Å². The maximum atomic E-state index is 14.1. The van der Waals surface area contributed by atoms with Crippen LogP contribution in [0.5, 0.6) is 11.5 Å². The molecule has 0 saturated carbocycles. The Bertz CT molecular complexity index is 1360. The number of imide groups is 1.